The highest BCUT2D eigenvalue weighted by atomic mass is 19.1. The number of halogens is 1. The van der Waals surface area contributed by atoms with Crippen LogP contribution in [0.4, 0.5) is 4.39 Å². The minimum Gasteiger partial charge on any atom is -0.251 e. The summed E-state index contributed by atoms with van der Waals surface area (Å²) in [5, 5.41) is 0. The average molecular weight is 118 g/mol. The largest absolute Gasteiger partial charge is 0.251 e. The van der Waals surface area contributed by atoms with E-state index in [4.69, 9.17) is 0 Å². The normalized spacial score (nSPS) is 14.6. The summed E-state index contributed by atoms with van der Waals surface area (Å²) in [5.41, 5.74) is 0. The summed E-state index contributed by atoms with van der Waals surface area (Å²) in [6.45, 7) is 6.17. The second-order valence-corrected chi connectivity index (χ2v) is 2.70. The molecule has 0 radical (unpaired) electrons. The first-order valence-corrected chi connectivity index (χ1v) is 3.24. The van der Waals surface area contributed by atoms with Crippen LogP contribution in [0.5, 0.6) is 0 Å². The van der Waals surface area contributed by atoms with Gasteiger partial charge in [0.1, 0.15) is 0 Å². The van der Waals surface area contributed by atoms with Gasteiger partial charge in [0.15, 0.2) is 0 Å². The van der Waals surface area contributed by atoms with Crippen LogP contribution < -0.4 is 0 Å². The van der Waals surface area contributed by atoms with Crippen molar-refractivity contribution in [3.8, 4) is 0 Å². The molecule has 0 aliphatic heterocycles. The van der Waals surface area contributed by atoms with Gasteiger partial charge in [-0.15, -0.1) is 0 Å². The Balaban J connectivity index is 3.17. The molecule has 0 N–H and O–H groups in total. The first kappa shape index (κ1) is 7.93. The van der Waals surface area contributed by atoms with Gasteiger partial charge in [-0.3, -0.25) is 4.39 Å². The molecule has 0 spiro atoms. The van der Waals surface area contributed by atoms with Crippen molar-refractivity contribution >= 4 is 0 Å². The molecule has 0 aromatic heterocycles. The van der Waals surface area contributed by atoms with E-state index < -0.39 is 0 Å². The van der Waals surface area contributed by atoms with Gasteiger partial charge in [-0.25, -0.2) is 0 Å². The molecule has 0 rings (SSSR count). The quantitative estimate of drug-likeness (QED) is 0.534. The minimum absolute atomic E-state index is 0.167. The van der Waals surface area contributed by atoms with Gasteiger partial charge in [0.25, 0.3) is 0 Å². The third-order valence-electron chi connectivity index (χ3n) is 1.70. The molecule has 0 aliphatic carbocycles. The van der Waals surface area contributed by atoms with Gasteiger partial charge in [0.05, 0.1) is 6.67 Å². The molecule has 0 aliphatic rings. The zero-order valence-corrected chi connectivity index (χ0v) is 5.95. The molecule has 0 bridgehead atoms. The van der Waals surface area contributed by atoms with E-state index in [1.54, 1.807) is 0 Å². The van der Waals surface area contributed by atoms with Crippen molar-refractivity contribution < 1.29 is 4.39 Å². The van der Waals surface area contributed by atoms with Crippen LogP contribution in [0, 0.1) is 11.8 Å². The highest BCUT2D eigenvalue weighted by Crippen LogP contribution is 2.12. The Morgan fingerprint density at radius 3 is 1.88 bits per heavy atom. The van der Waals surface area contributed by atoms with Crippen molar-refractivity contribution in [3.05, 3.63) is 0 Å². The van der Waals surface area contributed by atoms with E-state index in [1.165, 1.54) is 0 Å². The maximum absolute atomic E-state index is 11.6. The summed E-state index contributed by atoms with van der Waals surface area (Å²) in [7, 11) is 0. The second-order valence-electron chi connectivity index (χ2n) is 2.70. The molecular formula is C7H15F. The van der Waals surface area contributed by atoms with Gasteiger partial charge >= 0.3 is 0 Å². The van der Waals surface area contributed by atoms with Gasteiger partial charge in [0, 0.05) is 0 Å². The van der Waals surface area contributed by atoms with E-state index in [0.29, 0.717) is 11.8 Å². The molecule has 0 fully saturated rings. The lowest BCUT2D eigenvalue weighted by atomic mass is 9.96. The van der Waals surface area contributed by atoms with E-state index in [0.717, 1.165) is 6.42 Å². The summed E-state index contributed by atoms with van der Waals surface area (Å²) in [5.74, 6) is 1.17. The smallest absolute Gasteiger partial charge is 0.0897 e. The predicted molar refractivity (Wildman–Crippen MR) is 34.6 cm³/mol. The Morgan fingerprint density at radius 2 is 1.75 bits per heavy atom. The second kappa shape index (κ2) is 3.88. The fourth-order valence-corrected chi connectivity index (χ4v) is 0.505. The molecule has 0 amide bonds. The molecule has 0 unspecified atom stereocenters. The zero-order valence-electron chi connectivity index (χ0n) is 5.95. The van der Waals surface area contributed by atoms with E-state index in [2.05, 4.69) is 20.8 Å². The molecule has 0 aromatic carbocycles. The first-order chi connectivity index (χ1) is 3.68. The molecule has 1 heteroatoms. The van der Waals surface area contributed by atoms with Crippen molar-refractivity contribution in [2.75, 3.05) is 6.67 Å². The fraction of sp³-hybridized carbons (Fsp3) is 1.00. The molecule has 0 aromatic rings. The van der Waals surface area contributed by atoms with E-state index in [1.807, 2.05) is 0 Å². The van der Waals surface area contributed by atoms with E-state index >= 15 is 0 Å². The van der Waals surface area contributed by atoms with Crippen molar-refractivity contribution in [2.45, 2.75) is 27.2 Å². The third-order valence-corrected chi connectivity index (χ3v) is 1.70. The summed E-state index contributed by atoms with van der Waals surface area (Å²) in [4.78, 5) is 0. The predicted octanol–water partition coefficient (Wildman–Crippen LogP) is 2.64. The van der Waals surface area contributed by atoms with Crippen LogP contribution in [0.15, 0.2) is 0 Å². The Labute approximate surface area is 51.1 Å². The van der Waals surface area contributed by atoms with E-state index in [-0.39, 0.29) is 6.67 Å². The van der Waals surface area contributed by atoms with Crippen LogP contribution in [0.3, 0.4) is 0 Å². The molecule has 1 atom stereocenters. The summed E-state index contributed by atoms with van der Waals surface area (Å²) in [6, 6.07) is 0. The standard InChI is InChI=1S/C7H15F/c1-6(2)7(3)4-5-8/h6-7H,4-5H2,1-3H3/t7-/m0/s1. The molecule has 8 heavy (non-hydrogen) atoms. The molecule has 0 heterocycles. The van der Waals surface area contributed by atoms with Gasteiger partial charge in [-0.2, -0.15) is 0 Å². The minimum atomic E-state index is -0.167. The molecule has 0 saturated heterocycles. The lowest BCUT2D eigenvalue weighted by molar-refractivity contribution is 0.337. The zero-order chi connectivity index (χ0) is 6.57. The fourth-order valence-electron chi connectivity index (χ4n) is 0.505. The van der Waals surface area contributed by atoms with Crippen LogP contribution >= 0.6 is 0 Å². The molecular weight excluding hydrogens is 103 g/mol. The number of rotatable bonds is 3. The Hall–Kier alpha value is -0.0700. The number of hydrogen-bond donors (Lipinski definition) is 0. The Bertz CT molecular complexity index is 50.3. The SMILES string of the molecule is CC(C)[C@@H](C)CCF. The molecule has 0 nitrogen and oxygen atoms in total. The van der Waals surface area contributed by atoms with Gasteiger partial charge in [0.2, 0.25) is 0 Å². The van der Waals surface area contributed by atoms with Crippen molar-refractivity contribution in [3.63, 3.8) is 0 Å². The van der Waals surface area contributed by atoms with E-state index in [9.17, 15) is 4.39 Å². The average Bonchev–Trinajstić information content (AvgIpc) is 1.67. The highest BCUT2D eigenvalue weighted by molar-refractivity contribution is 4.54. The summed E-state index contributed by atoms with van der Waals surface area (Å²) in [6.07, 6.45) is 0.720. The van der Waals surface area contributed by atoms with Crippen molar-refractivity contribution in [1.82, 2.24) is 0 Å². The summed E-state index contributed by atoms with van der Waals surface area (Å²) < 4.78 is 11.6. The van der Waals surface area contributed by atoms with Crippen LogP contribution in [0.1, 0.15) is 27.2 Å². The lowest BCUT2D eigenvalue weighted by Gasteiger charge is -2.11. The van der Waals surface area contributed by atoms with Crippen LogP contribution in [0.25, 0.3) is 0 Å². The first-order valence-electron chi connectivity index (χ1n) is 3.24. The van der Waals surface area contributed by atoms with Crippen LogP contribution in [-0.2, 0) is 0 Å². The maximum atomic E-state index is 11.6. The van der Waals surface area contributed by atoms with Crippen LogP contribution in [0.2, 0.25) is 0 Å². The topological polar surface area (TPSA) is 0 Å². The lowest BCUT2D eigenvalue weighted by Crippen LogP contribution is -2.03. The van der Waals surface area contributed by atoms with Crippen molar-refractivity contribution in [1.29, 1.82) is 0 Å². The Morgan fingerprint density at radius 1 is 1.25 bits per heavy atom. The van der Waals surface area contributed by atoms with Gasteiger partial charge < -0.3 is 0 Å². The monoisotopic (exact) mass is 118 g/mol. The summed E-state index contributed by atoms with van der Waals surface area (Å²) >= 11 is 0. The van der Waals surface area contributed by atoms with Crippen LogP contribution in [-0.4, -0.2) is 6.67 Å². The maximum Gasteiger partial charge on any atom is 0.0897 e. The molecule has 0 saturated carbocycles. The van der Waals surface area contributed by atoms with Gasteiger partial charge in [-0.05, 0) is 18.3 Å². The number of hydrogen-bond acceptors (Lipinski definition) is 0. The Kier molecular flexibility index (Phi) is 3.84. The third kappa shape index (κ3) is 3.00. The van der Waals surface area contributed by atoms with Crippen molar-refractivity contribution in [2.24, 2.45) is 11.8 Å². The molecule has 50 valence electrons. The van der Waals surface area contributed by atoms with Gasteiger partial charge in [-0.1, -0.05) is 20.8 Å². The number of alkyl halides is 1. The highest BCUT2D eigenvalue weighted by Gasteiger charge is 2.04.